The maximum absolute atomic E-state index is 12.2. The van der Waals surface area contributed by atoms with E-state index in [9.17, 15) is 14.7 Å². The van der Waals surface area contributed by atoms with Gasteiger partial charge in [-0.3, -0.25) is 9.59 Å². The number of hydrogen-bond acceptors (Lipinski definition) is 7. The quantitative estimate of drug-likeness (QED) is 0.328. The van der Waals surface area contributed by atoms with Crippen molar-refractivity contribution in [3.63, 3.8) is 0 Å². The molecule has 0 saturated heterocycles. The number of rotatable bonds is 11. The lowest BCUT2D eigenvalue weighted by atomic mass is 10.1. The second kappa shape index (κ2) is 11.8. The van der Waals surface area contributed by atoms with Crippen LogP contribution in [0.1, 0.15) is 59.9 Å². The zero-order chi connectivity index (χ0) is 22.1. The van der Waals surface area contributed by atoms with Gasteiger partial charge in [0.1, 0.15) is 12.1 Å². The Labute approximate surface area is 173 Å². The number of carbonyl (C=O) groups is 2. The van der Waals surface area contributed by atoms with Crippen LogP contribution in [0.15, 0.2) is 18.2 Å². The molecule has 2 atom stereocenters. The van der Waals surface area contributed by atoms with E-state index in [1.54, 1.807) is 45.9 Å². The third-order valence-corrected chi connectivity index (χ3v) is 4.46. The zero-order valence-corrected chi connectivity index (χ0v) is 18.3. The molecule has 0 fully saturated rings. The van der Waals surface area contributed by atoms with Gasteiger partial charge in [-0.05, 0) is 37.0 Å². The van der Waals surface area contributed by atoms with Gasteiger partial charge in [0.15, 0.2) is 17.8 Å². The van der Waals surface area contributed by atoms with Crippen LogP contribution in [-0.4, -0.2) is 35.5 Å². The van der Waals surface area contributed by atoms with Crippen LogP contribution < -0.4 is 15.2 Å². The summed E-state index contributed by atoms with van der Waals surface area (Å²) in [5.41, 5.74) is 6.72. The Morgan fingerprint density at radius 3 is 2.17 bits per heavy atom. The summed E-state index contributed by atoms with van der Waals surface area (Å²) < 4.78 is 16.4. The Balaban J connectivity index is 3.01. The summed E-state index contributed by atoms with van der Waals surface area (Å²) in [5, 5.41) is 10.1. The summed E-state index contributed by atoms with van der Waals surface area (Å²) in [7, 11) is 0. The second-order valence-electron chi connectivity index (χ2n) is 7.80. The maximum Gasteiger partial charge on any atom is 0.323 e. The lowest BCUT2D eigenvalue weighted by Crippen LogP contribution is -2.36. The predicted molar refractivity (Wildman–Crippen MR) is 111 cm³/mol. The molecule has 0 heterocycles. The minimum absolute atomic E-state index is 0.147. The normalized spacial score (nSPS) is 13.5. The van der Waals surface area contributed by atoms with Gasteiger partial charge >= 0.3 is 11.9 Å². The van der Waals surface area contributed by atoms with E-state index in [0.29, 0.717) is 5.56 Å². The number of hydrogen-bond donors (Lipinski definition) is 2. The molecule has 0 amide bonds. The highest BCUT2D eigenvalue weighted by Gasteiger charge is 2.22. The maximum atomic E-state index is 12.2. The van der Waals surface area contributed by atoms with Crippen molar-refractivity contribution in [1.29, 1.82) is 0 Å². The van der Waals surface area contributed by atoms with Gasteiger partial charge in [0.2, 0.25) is 0 Å². The highest BCUT2D eigenvalue weighted by molar-refractivity contribution is 5.76. The molecule has 0 radical (unpaired) electrons. The Morgan fingerprint density at radius 2 is 1.66 bits per heavy atom. The molecule has 0 aliphatic carbocycles. The van der Waals surface area contributed by atoms with E-state index in [4.69, 9.17) is 19.9 Å². The third-order valence-electron chi connectivity index (χ3n) is 4.46. The van der Waals surface area contributed by atoms with Crippen molar-refractivity contribution in [2.24, 2.45) is 17.6 Å². The monoisotopic (exact) mass is 409 g/mol. The summed E-state index contributed by atoms with van der Waals surface area (Å²) >= 11 is 0. The number of carbonyl (C=O) groups excluding carboxylic acids is 2. The summed E-state index contributed by atoms with van der Waals surface area (Å²) in [6.45, 7) is 11.0. The lowest BCUT2D eigenvalue weighted by Gasteiger charge is -2.21. The van der Waals surface area contributed by atoms with Crippen LogP contribution >= 0.6 is 0 Å². The van der Waals surface area contributed by atoms with Crippen LogP contribution in [0.2, 0.25) is 0 Å². The van der Waals surface area contributed by atoms with Crippen molar-refractivity contribution in [3.05, 3.63) is 23.8 Å². The molecule has 1 unspecified atom stereocenters. The van der Waals surface area contributed by atoms with E-state index < -0.39 is 24.3 Å². The van der Waals surface area contributed by atoms with Crippen LogP contribution in [0.25, 0.3) is 0 Å². The molecule has 1 aromatic rings. The molecule has 164 valence electrons. The van der Waals surface area contributed by atoms with E-state index in [2.05, 4.69) is 0 Å². The highest BCUT2D eigenvalue weighted by atomic mass is 16.6. The first-order valence-corrected chi connectivity index (χ1v) is 10.2. The minimum Gasteiger partial charge on any atom is -0.461 e. The second-order valence-corrected chi connectivity index (χ2v) is 7.80. The van der Waals surface area contributed by atoms with Crippen LogP contribution in [0.5, 0.6) is 11.5 Å². The molecule has 29 heavy (non-hydrogen) atoms. The van der Waals surface area contributed by atoms with Crippen LogP contribution in [0.3, 0.4) is 0 Å². The van der Waals surface area contributed by atoms with Crippen molar-refractivity contribution in [3.8, 4) is 11.5 Å². The van der Waals surface area contributed by atoms with Gasteiger partial charge < -0.3 is 25.1 Å². The number of ether oxygens (including phenoxy) is 3. The van der Waals surface area contributed by atoms with Gasteiger partial charge in [-0.1, -0.05) is 47.6 Å². The fourth-order valence-electron chi connectivity index (χ4n) is 2.39. The number of aliphatic hydroxyl groups excluding tert-OH is 1. The first-order chi connectivity index (χ1) is 13.6. The Hall–Kier alpha value is -2.12. The molecule has 0 aliphatic heterocycles. The van der Waals surface area contributed by atoms with Crippen molar-refractivity contribution < 1.29 is 28.9 Å². The average Bonchev–Trinajstić information content (AvgIpc) is 2.67. The lowest BCUT2D eigenvalue weighted by molar-refractivity contribution is -0.151. The van der Waals surface area contributed by atoms with Crippen molar-refractivity contribution >= 4 is 11.9 Å². The van der Waals surface area contributed by atoms with E-state index >= 15 is 0 Å². The highest BCUT2D eigenvalue weighted by Crippen LogP contribution is 2.31. The predicted octanol–water partition coefficient (Wildman–Crippen LogP) is 3.20. The van der Waals surface area contributed by atoms with Gasteiger partial charge in [-0.25, -0.2) is 0 Å². The number of nitrogens with two attached hydrogens (primary N) is 1. The first-order valence-electron chi connectivity index (χ1n) is 10.2. The molecule has 1 rings (SSSR count). The zero-order valence-electron chi connectivity index (χ0n) is 18.3. The molecule has 7 nitrogen and oxygen atoms in total. The summed E-state index contributed by atoms with van der Waals surface area (Å²) in [5.74, 6) is -0.917. The molecule has 3 N–H and O–H groups in total. The average molecular weight is 410 g/mol. The smallest absolute Gasteiger partial charge is 0.323 e. The fraction of sp³-hybridized carbons (Fsp3) is 0.636. The molecule has 7 heteroatoms. The van der Waals surface area contributed by atoms with Gasteiger partial charge in [-0.2, -0.15) is 0 Å². The van der Waals surface area contributed by atoms with Gasteiger partial charge in [-0.15, -0.1) is 0 Å². The van der Waals surface area contributed by atoms with Crippen molar-refractivity contribution in [1.82, 2.24) is 0 Å². The molecular formula is C22H35NO6. The van der Waals surface area contributed by atoms with Crippen LogP contribution in [0.4, 0.5) is 0 Å². The Bertz CT molecular complexity index is 669. The number of esters is 2. The van der Waals surface area contributed by atoms with E-state index in [1.807, 2.05) is 13.8 Å². The largest absolute Gasteiger partial charge is 0.461 e. The molecule has 0 aliphatic rings. The van der Waals surface area contributed by atoms with Crippen molar-refractivity contribution in [2.75, 3.05) is 0 Å². The van der Waals surface area contributed by atoms with Crippen LogP contribution in [-0.2, 0) is 20.7 Å². The number of benzene rings is 1. The standard InChI is InChI=1S/C22H35NO6/c1-7-16(8-2)27-22(26)17(23)11-15-9-10-18(28-20(24)13(3)4)19(12-15)29-21(25)14(5)6/h9-10,12-14,16-17,21,25H,7-8,11,23H2,1-6H3/t17-,21?/m0/s1. The summed E-state index contributed by atoms with van der Waals surface area (Å²) in [6.07, 6.45) is 0.471. The fourth-order valence-corrected chi connectivity index (χ4v) is 2.39. The van der Waals surface area contributed by atoms with E-state index in [-0.39, 0.29) is 35.9 Å². The Kier molecular flexibility index (Phi) is 10.1. The SMILES string of the molecule is CCC(CC)OC(=O)[C@@H](N)Cc1ccc(OC(=O)C(C)C)c(OC(O)C(C)C)c1. The van der Waals surface area contributed by atoms with Gasteiger partial charge in [0.25, 0.3) is 0 Å². The first kappa shape index (κ1) is 24.9. The van der Waals surface area contributed by atoms with Gasteiger partial charge in [0, 0.05) is 5.92 Å². The molecule has 1 aromatic carbocycles. The summed E-state index contributed by atoms with van der Waals surface area (Å²) in [6, 6.07) is 4.08. The van der Waals surface area contributed by atoms with Crippen molar-refractivity contribution in [2.45, 2.75) is 79.2 Å². The Morgan fingerprint density at radius 1 is 1.03 bits per heavy atom. The molecule has 0 saturated carbocycles. The van der Waals surface area contributed by atoms with E-state index in [1.165, 1.54) is 0 Å². The summed E-state index contributed by atoms with van der Waals surface area (Å²) in [4.78, 5) is 24.2. The van der Waals surface area contributed by atoms with Gasteiger partial charge in [0.05, 0.1) is 5.92 Å². The topological polar surface area (TPSA) is 108 Å². The number of aliphatic hydroxyl groups is 1. The molecule has 0 spiro atoms. The van der Waals surface area contributed by atoms with E-state index in [0.717, 1.165) is 12.8 Å². The van der Waals surface area contributed by atoms with Crippen LogP contribution in [0, 0.1) is 11.8 Å². The molecule has 0 bridgehead atoms. The molecular weight excluding hydrogens is 374 g/mol. The minimum atomic E-state index is -1.07. The molecule has 0 aromatic heterocycles. The third kappa shape index (κ3) is 8.03.